The number of hydrogen-bond donors (Lipinski definition) is 1. The van der Waals surface area contributed by atoms with Gasteiger partial charge < -0.3 is 15.0 Å². The summed E-state index contributed by atoms with van der Waals surface area (Å²) in [5.41, 5.74) is 2.37. The van der Waals surface area contributed by atoms with Crippen LogP contribution < -0.4 is 10.2 Å². The molecule has 0 heterocycles. The minimum atomic E-state index is -0.849. The fourth-order valence-corrected chi connectivity index (χ4v) is 2.62. The molecule has 6 nitrogen and oxygen atoms in total. The summed E-state index contributed by atoms with van der Waals surface area (Å²) in [5.74, 6) is -1.31. The van der Waals surface area contributed by atoms with Gasteiger partial charge in [-0.3, -0.25) is 4.79 Å². The molecular formula is C22H22ClN3O3. The predicted octanol–water partition coefficient (Wildman–Crippen LogP) is 3.73. The number of benzene rings is 2. The van der Waals surface area contributed by atoms with Gasteiger partial charge in [-0.05, 0) is 48.4 Å². The van der Waals surface area contributed by atoms with Gasteiger partial charge in [-0.1, -0.05) is 35.9 Å². The molecule has 0 aromatic heterocycles. The van der Waals surface area contributed by atoms with Crippen LogP contribution in [0.15, 0.2) is 54.1 Å². The van der Waals surface area contributed by atoms with E-state index in [0.717, 1.165) is 11.3 Å². The SMILES string of the molecule is C[C@@H](NC(=O)COC(=O)/C(C#N)=C/c1ccc(N(C)C)cc1)c1ccc(Cl)cc1. The van der Waals surface area contributed by atoms with Crippen molar-refractivity contribution in [3.05, 3.63) is 70.3 Å². The van der Waals surface area contributed by atoms with Gasteiger partial charge in [0.2, 0.25) is 0 Å². The molecule has 0 bridgehead atoms. The molecule has 0 saturated heterocycles. The van der Waals surface area contributed by atoms with Crippen LogP contribution in [0.3, 0.4) is 0 Å². The van der Waals surface area contributed by atoms with Gasteiger partial charge >= 0.3 is 5.97 Å². The lowest BCUT2D eigenvalue weighted by molar-refractivity contribution is -0.144. The maximum absolute atomic E-state index is 12.1. The van der Waals surface area contributed by atoms with E-state index in [4.69, 9.17) is 16.3 Å². The Bertz CT molecular complexity index is 929. The molecule has 1 amide bonds. The number of anilines is 1. The fourth-order valence-electron chi connectivity index (χ4n) is 2.50. The summed E-state index contributed by atoms with van der Waals surface area (Å²) < 4.78 is 4.98. The third-order valence-electron chi connectivity index (χ3n) is 4.14. The minimum Gasteiger partial charge on any atom is -0.451 e. The van der Waals surface area contributed by atoms with Crippen molar-refractivity contribution >= 4 is 35.2 Å². The number of esters is 1. The monoisotopic (exact) mass is 411 g/mol. The summed E-state index contributed by atoms with van der Waals surface area (Å²) in [6.45, 7) is 1.33. The average molecular weight is 412 g/mol. The van der Waals surface area contributed by atoms with E-state index in [1.807, 2.05) is 37.2 Å². The molecule has 0 aliphatic carbocycles. The van der Waals surface area contributed by atoms with Crippen LogP contribution in [0.1, 0.15) is 24.1 Å². The van der Waals surface area contributed by atoms with Crippen molar-refractivity contribution in [1.82, 2.24) is 5.32 Å². The molecule has 0 saturated carbocycles. The van der Waals surface area contributed by atoms with Crippen molar-refractivity contribution in [1.29, 1.82) is 5.26 Å². The molecule has 2 aromatic rings. The van der Waals surface area contributed by atoms with Gasteiger partial charge in [0.15, 0.2) is 6.61 Å². The first kappa shape index (κ1) is 22.0. The highest BCUT2D eigenvalue weighted by Gasteiger charge is 2.15. The number of amides is 1. The van der Waals surface area contributed by atoms with Gasteiger partial charge in [0.1, 0.15) is 11.6 Å². The van der Waals surface area contributed by atoms with E-state index in [0.29, 0.717) is 10.6 Å². The average Bonchev–Trinajstić information content (AvgIpc) is 2.71. The molecule has 2 aromatic carbocycles. The number of hydrogen-bond acceptors (Lipinski definition) is 5. The molecule has 0 unspecified atom stereocenters. The lowest BCUT2D eigenvalue weighted by Crippen LogP contribution is -2.31. The number of nitrogens with one attached hydrogen (secondary N) is 1. The normalized spacial score (nSPS) is 11.9. The molecule has 0 aliphatic rings. The van der Waals surface area contributed by atoms with Crippen LogP contribution in [0.4, 0.5) is 5.69 Å². The van der Waals surface area contributed by atoms with E-state index < -0.39 is 18.5 Å². The maximum Gasteiger partial charge on any atom is 0.349 e. The second-order valence-corrected chi connectivity index (χ2v) is 7.01. The number of nitriles is 1. The van der Waals surface area contributed by atoms with Gasteiger partial charge in [-0.2, -0.15) is 5.26 Å². The molecule has 1 N–H and O–H groups in total. The zero-order chi connectivity index (χ0) is 21.4. The van der Waals surface area contributed by atoms with Gasteiger partial charge in [0.25, 0.3) is 5.91 Å². The maximum atomic E-state index is 12.1. The number of nitrogens with zero attached hydrogens (tertiary/aromatic N) is 2. The van der Waals surface area contributed by atoms with Gasteiger partial charge in [-0.25, -0.2) is 4.79 Å². The van der Waals surface area contributed by atoms with Crippen LogP contribution in [0, 0.1) is 11.3 Å². The first-order valence-corrected chi connectivity index (χ1v) is 9.29. The van der Waals surface area contributed by atoms with E-state index >= 15 is 0 Å². The standard InChI is InChI=1S/C22H22ClN3O3/c1-15(17-6-8-19(23)9-7-17)25-21(27)14-29-22(28)18(13-24)12-16-4-10-20(11-5-16)26(2)3/h4-12,15H,14H2,1-3H3,(H,25,27)/b18-12+/t15-/m1/s1. The molecule has 0 radical (unpaired) electrons. The number of ether oxygens (including phenoxy) is 1. The van der Waals surface area contributed by atoms with Gasteiger partial charge in [-0.15, -0.1) is 0 Å². The van der Waals surface area contributed by atoms with E-state index in [1.54, 1.807) is 43.3 Å². The van der Waals surface area contributed by atoms with Gasteiger partial charge in [0, 0.05) is 24.8 Å². The molecule has 2 rings (SSSR count). The molecule has 0 fully saturated rings. The fraction of sp³-hybridized carbons (Fsp3) is 0.227. The second-order valence-electron chi connectivity index (χ2n) is 6.57. The quantitative estimate of drug-likeness (QED) is 0.426. The largest absolute Gasteiger partial charge is 0.451 e. The number of rotatable bonds is 7. The summed E-state index contributed by atoms with van der Waals surface area (Å²) in [6.07, 6.45) is 1.43. The zero-order valence-corrected chi connectivity index (χ0v) is 17.2. The van der Waals surface area contributed by atoms with Crippen LogP contribution >= 0.6 is 11.6 Å². The Balaban J connectivity index is 1.92. The van der Waals surface area contributed by atoms with Crippen LogP contribution in [0.5, 0.6) is 0 Å². The topological polar surface area (TPSA) is 82.4 Å². The third kappa shape index (κ3) is 6.66. The number of carbonyl (C=O) groups excluding carboxylic acids is 2. The Kier molecular flexibility index (Phi) is 7.81. The molecule has 1 atom stereocenters. The molecule has 0 aliphatic heterocycles. The lowest BCUT2D eigenvalue weighted by atomic mass is 10.1. The Hall–Kier alpha value is -3.30. The molecule has 0 spiro atoms. The highest BCUT2D eigenvalue weighted by molar-refractivity contribution is 6.30. The van der Waals surface area contributed by atoms with Crippen molar-refractivity contribution < 1.29 is 14.3 Å². The van der Waals surface area contributed by atoms with Crippen molar-refractivity contribution in [2.24, 2.45) is 0 Å². The summed E-state index contributed by atoms with van der Waals surface area (Å²) >= 11 is 5.85. The Morgan fingerprint density at radius 2 is 1.79 bits per heavy atom. The van der Waals surface area contributed by atoms with E-state index in [-0.39, 0.29) is 11.6 Å². The van der Waals surface area contributed by atoms with Crippen molar-refractivity contribution in [2.45, 2.75) is 13.0 Å². The van der Waals surface area contributed by atoms with Crippen molar-refractivity contribution in [2.75, 3.05) is 25.6 Å². The number of carbonyl (C=O) groups is 2. The Labute approximate surface area is 175 Å². The third-order valence-corrected chi connectivity index (χ3v) is 4.39. The Morgan fingerprint density at radius 3 is 2.34 bits per heavy atom. The van der Waals surface area contributed by atoms with Crippen molar-refractivity contribution in [3.63, 3.8) is 0 Å². The first-order chi connectivity index (χ1) is 13.8. The van der Waals surface area contributed by atoms with Crippen LogP contribution in [-0.2, 0) is 14.3 Å². The summed E-state index contributed by atoms with van der Waals surface area (Å²) in [7, 11) is 3.84. The van der Waals surface area contributed by atoms with Crippen LogP contribution in [0.2, 0.25) is 5.02 Å². The lowest BCUT2D eigenvalue weighted by Gasteiger charge is -2.14. The van der Waals surface area contributed by atoms with Crippen molar-refractivity contribution in [3.8, 4) is 6.07 Å². The van der Waals surface area contributed by atoms with Crippen LogP contribution in [-0.4, -0.2) is 32.6 Å². The Morgan fingerprint density at radius 1 is 1.17 bits per heavy atom. The summed E-state index contributed by atoms with van der Waals surface area (Å²) in [6, 6.07) is 15.9. The highest BCUT2D eigenvalue weighted by Crippen LogP contribution is 2.16. The minimum absolute atomic E-state index is 0.179. The smallest absolute Gasteiger partial charge is 0.349 e. The molecule has 29 heavy (non-hydrogen) atoms. The van der Waals surface area contributed by atoms with E-state index in [2.05, 4.69) is 5.32 Å². The zero-order valence-electron chi connectivity index (χ0n) is 16.5. The van der Waals surface area contributed by atoms with Crippen LogP contribution in [0.25, 0.3) is 6.08 Å². The van der Waals surface area contributed by atoms with E-state index in [9.17, 15) is 14.9 Å². The highest BCUT2D eigenvalue weighted by atomic mass is 35.5. The molecule has 150 valence electrons. The molecular weight excluding hydrogens is 390 g/mol. The first-order valence-electron chi connectivity index (χ1n) is 8.91. The number of halogens is 1. The summed E-state index contributed by atoms with van der Waals surface area (Å²) in [4.78, 5) is 26.1. The predicted molar refractivity (Wildman–Crippen MR) is 113 cm³/mol. The van der Waals surface area contributed by atoms with E-state index in [1.165, 1.54) is 6.08 Å². The second kappa shape index (κ2) is 10.3. The summed E-state index contributed by atoms with van der Waals surface area (Å²) in [5, 5.41) is 12.6. The molecule has 7 heteroatoms. The van der Waals surface area contributed by atoms with Gasteiger partial charge in [0.05, 0.1) is 6.04 Å².